The Morgan fingerprint density at radius 3 is 2.93 bits per heavy atom. The van der Waals surface area contributed by atoms with Crippen LogP contribution in [0.15, 0.2) is 24.3 Å². The summed E-state index contributed by atoms with van der Waals surface area (Å²) in [6.07, 6.45) is 2.77. The summed E-state index contributed by atoms with van der Waals surface area (Å²) >= 11 is 0. The van der Waals surface area contributed by atoms with E-state index >= 15 is 0 Å². The number of anilines is 1. The van der Waals surface area contributed by atoms with Crippen molar-refractivity contribution in [3.63, 3.8) is 0 Å². The second-order valence-electron chi connectivity index (χ2n) is 2.81. The SMILES string of the molecule is COC(=O)C=Cc1cc(C#N)ccc1N. The van der Waals surface area contributed by atoms with Crippen LogP contribution in [0.4, 0.5) is 5.69 Å². The second-order valence-corrected chi connectivity index (χ2v) is 2.81. The number of hydrogen-bond donors (Lipinski definition) is 1. The molecule has 1 aromatic rings. The molecular weight excluding hydrogens is 192 g/mol. The Morgan fingerprint density at radius 1 is 1.60 bits per heavy atom. The first-order valence-corrected chi connectivity index (χ1v) is 4.23. The van der Waals surface area contributed by atoms with E-state index < -0.39 is 5.97 Å². The van der Waals surface area contributed by atoms with E-state index in [0.717, 1.165) is 0 Å². The molecule has 0 saturated heterocycles. The van der Waals surface area contributed by atoms with E-state index in [1.807, 2.05) is 6.07 Å². The molecule has 2 N–H and O–H groups in total. The Balaban J connectivity index is 2.99. The maximum atomic E-state index is 10.8. The molecule has 0 aliphatic rings. The van der Waals surface area contributed by atoms with Crippen LogP contribution in [0.1, 0.15) is 11.1 Å². The lowest BCUT2D eigenvalue weighted by molar-refractivity contribution is -0.134. The Labute approximate surface area is 87.6 Å². The average molecular weight is 202 g/mol. The summed E-state index contributed by atoms with van der Waals surface area (Å²) < 4.78 is 4.44. The van der Waals surface area contributed by atoms with Gasteiger partial charge in [-0.05, 0) is 29.8 Å². The third kappa shape index (κ3) is 2.85. The summed E-state index contributed by atoms with van der Waals surface area (Å²) in [7, 11) is 1.29. The standard InChI is InChI=1S/C11H10N2O2/c1-15-11(14)5-3-9-6-8(7-12)2-4-10(9)13/h2-6H,13H2,1H3. The molecule has 4 nitrogen and oxygen atoms in total. The van der Waals surface area contributed by atoms with E-state index in [1.165, 1.54) is 19.3 Å². The van der Waals surface area contributed by atoms with E-state index in [0.29, 0.717) is 16.8 Å². The highest BCUT2D eigenvalue weighted by molar-refractivity contribution is 5.88. The monoisotopic (exact) mass is 202 g/mol. The third-order valence-corrected chi connectivity index (χ3v) is 1.82. The number of carbonyl (C=O) groups excluding carboxylic acids is 1. The molecular formula is C11H10N2O2. The van der Waals surface area contributed by atoms with Crippen molar-refractivity contribution in [1.82, 2.24) is 0 Å². The number of nitrogens with two attached hydrogens (primary N) is 1. The van der Waals surface area contributed by atoms with Crippen LogP contribution in [0.3, 0.4) is 0 Å². The molecule has 15 heavy (non-hydrogen) atoms. The van der Waals surface area contributed by atoms with Crippen LogP contribution >= 0.6 is 0 Å². The van der Waals surface area contributed by atoms with E-state index in [-0.39, 0.29) is 0 Å². The third-order valence-electron chi connectivity index (χ3n) is 1.82. The number of nitriles is 1. The molecule has 0 heterocycles. The van der Waals surface area contributed by atoms with E-state index in [1.54, 1.807) is 18.2 Å². The van der Waals surface area contributed by atoms with Gasteiger partial charge in [0.25, 0.3) is 0 Å². The molecule has 0 saturated carbocycles. The fraction of sp³-hybridized carbons (Fsp3) is 0.0909. The molecule has 0 aliphatic heterocycles. The summed E-state index contributed by atoms with van der Waals surface area (Å²) in [6, 6.07) is 6.83. The van der Waals surface area contributed by atoms with Crippen molar-refractivity contribution in [1.29, 1.82) is 5.26 Å². The molecule has 0 radical (unpaired) electrons. The zero-order valence-corrected chi connectivity index (χ0v) is 8.23. The quantitative estimate of drug-likeness (QED) is 0.446. The number of benzene rings is 1. The molecule has 1 rings (SSSR count). The van der Waals surface area contributed by atoms with Crippen molar-refractivity contribution in [2.24, 2.45) is 0 Å². The number of rotatable bonds is 2. The number of carbonyl (C=O) groups is 1. The number of nitrogen functional groups attached to an aromatic ring is 1. The van der Waals surface area contributed by atoms with Gasteiger partial charge >= 0.3 is 5.97 Å². The lowest BCUT2D eigenvalue weighted by atomic mass is 10.1. The molecule has 0 aliphatic carbocycles. The number of hydrogen-bond acceptors (Lipinski definition) is 4. The summed E-state index contributed by atoms with van der Waals surface area (Å²) in [5.41, 5.74) is 7.29. The van der Waals surface area contributed by atoms with Crippen LogP contribution in [0.5, 0.6) is 0 Å². The van der Waals surface area contributed by atoms with E-state index in [4.69, 9.17) is 11.0 Å². The molecule has 4 heteroatoms. The maximum Gasteiger partial charge on any atom is 0.330 e. The van der Waals surface area contributed by atoms with Gasteiger partial charge in [0, 0.05) is 11.8 Å². The summed E-state index contributed by atoms with van der Waals surface area (Å²) in [5, 5.41) is 8.67. The first-order chi connectivity index (χ1) is 7.17. The van der Waals surface area contributed by atoms with Crippen LogP contribution in [0.2, 0.25) is 0 Å². The van der Waals surface area contributed by atoms with Gasteiger partial charge in [-0.15, -0.1) is 0 Å². The molecule has 0 spiro atoms. The first kappa shape index (κ1) is 10.8. The van der Waals surface area contributed by atoms with Gasteiger partial charge in [0.1, 0.15) is 0 Å². The van der Waals surface area contributed by atoms with E-state index in [2.05, 4.69) is 4.74 Å². The summed E-state index contributed by atoms with van der Waals surface area (Å²) in [5.74, 6) is -0.461. The zero-order chi connectivity index (χ0) is 11.3. The van der Waals surface area contributed by atoms with Crippen LogP contribution in [0.25, 0.3) is 6.08 Å². The van der Waals surface area contributed by atoms with Crippen molar-refractivity contribution < 1.29 is 9.53 Å². The zero-order valence-electron chi connectivity index (χ0n) is 8.23. The number of esters is 1. The number of methoxy groups -OCH3 is 1. The van der Waals surface area contributed by atoms with Gasteiger partial charge in [0.15, 0.2) is 0 Å². The Morgan fingerprint density at radius 2 is 2.33 bits per heavy atom. The maximum absolute atomic E-state index is 10.8. The fourth-order valence-corrected chi connectivity index (χ4v) is 1.01. The highest BCUT2D eigenvalue weighted by Gasteiger charge is 1.98. The topological polar surface area (TPSA) is 76.1 Å². The van der Waals surface area contributed by atoms with Crippen LogP contribution in [-0.2, 0) is 9.53 Å². The van der Waals surface area contributed by atoms with Gasteiger partial charge in [-0.25, -0.2) is 4.79 Å². The van der Waals surface area contributed by atoms with Crippen molar-refractivity contribution >= 4 is 17.7 Å². The average Bonchev–Trinajstić information content (AvgIpc) is 2.27. The van der Waals surface area contributed by atoms with Crippen molar-refractivity contribution in [2.75, 3.05) is 12.8 Å². The fourth-order valence-electron chi connectivity index (χ4n) is 1.01. The molecule has 0 atom stereocenters. The minimum absolute atomic E-state index is 0.461. The van der Waals surface area contributed by atoms with Gasteiger partial charge in [-0.3, -0.25) is 0 Å². The minimum atomic E-state index is -0.461. The van der Waals surface area contributed by atoms with Gasteiger partial charge < -0.3 is 10.5 Å². The molecule has 0 amide bonds. The largest absolute Gasteiger partial charge is 0.466 e. The molecule has 0 unspecified atom stereocenters. The molecule has 0 bridgehead atoms. The molecule has 0 fully saturated rings. The number of ether oxygens (including phenoxy) is 1. The molecule has 76 valence electrons. The predicted octanol–water partition coefficient (Wildman–Crippen LogP) is 1.33. The van der Waals surface area contributed by atoms with Gasteiger partial charge in [0.05, 0.1) is 18.7 Å². The van der Waals surface area contributed by atoms with Crippen LogP contribution < -0.4 is 5.73 Å². The molecule has 1 aromatic carbocycles. The highest BCUT2D eigenvalue weighted by atomic mass is 16.5. The van der Waals surface area contributed by atoms with E-state index in [9.17, 15) is 4.79 Å². The summed E-state index contributed by atoms with van der Waals surface area (Å²) in [4.78, 5) is 10.8. The molecule has 0 aromatic heterocycles. The van der Waals surface area contributed by atoms with Crippen molar-refractivity contribution in [3.05, 3.63) is 35.4 Å². The minimum Gasteiger partial charge on any atom is -0.466 e. The van der Waals surface area contributed by atoms with Gasteiger partial charge in [0.2, 0.25) is 0 Å². The van der Waals surface area contributed by atoms with Crippen molar-refractivity contribution in [3.8, 4) is 6.07 Å². The van der Waals surface area contributed by atoms with Gasteiger partial charge in [-0.2, -0.15) is 5.26 Å². The smallest absolute Gasteiger partial charge is 0.330 e. The predicted molar refractivity (Wildman–Crippen MR) is 56.6 cm³/mol. The Bertz CT molecular complexity index is 444. The van der Waals surface area contributed by atoms with Gasteiger partial charge in [-0.1, -0.05) is 0 Å². The normalized spacial score (nSPS) is 9.87. The Kier molecular flexibility index (Phi) is 3.47. The van der Waals surface area contributed by atoms with Crippen molar-refractivity contribution in [2.45, 2.75) is 0 Å². The lowest BCUT2D eigenvalue weighted by Gasteiger charge is -1.99. The number of nitrogens with zero attached hydrogens (tertiary/aromatic N) is 1. The Hall–Kier alpha value is -2.28. The second kappa shape index (κ2) is 4.82. The highest BCUT2D eigenvalue weighted by Crippen LogP contribution is 2.15. The first-order valence-electron chi connectivity index (χ1n) is 4.23. The summed E-state index contributed by atoms with van der Waals surface area (Å²) in [6.45, 7) is 0. The van der Waals surface area contributed by atoms with Crippen LogP contribution in [-0.4, -0.2) is 13.1 Å². The van der Waals surface area contributed by atoms with Crippen LogP contribution in [0, 0.1) is 11.3 Å². The lowest BCUT2D eigenvalue weighted by Crippen LogP contribution is -1.95.